The van der Waals surface area contributed by atoms with E-state index in [4.69, 9.17) is 23.8 Å². The first-order valence-corrected chi connectivity index (χ1v) is 11.7. The van der Waals surface area contributed by atoms with E-state index < -0.39 is 0 Å². The molecule has 1 aromatic carbocycles. The number of pyridine rings is 1. The molecule has 0 aliphatic carbocycles. The molecule has 0 unspecified atom stereocenters. The molecule has 4 rings (SSSR count). The van der Waals surface area contributed by atoms with Crippen molar-refractivity contribution in [3.63, 3.8) is 0 Å². The molecule has 2 aromatic heterocycles. The lowest BCUT2D eigenvalue weighted by Crippen LogP contribution is -2.35. The first kappa shape index (κ1) is 22.8. The Kier molecular flexibility index (Phi) is 6.56. The number of halogens is 1. The van der Waals surface area contributed by atoms with Crippen LogP contribution in [0.2, 0.25) is 5.02 Å². The molecule has 1 aliphatic rings. The molecule has 3 aromatic rings. The van der Waals surface area contributed by atoms with Crippen molar-refractivity contribution in [2.24, 2.45) is 0 Å². The second-order valence-electron chi connectivity index (χ2n) is 8.65. The van der Waals surface area contributed by atoms with Gasteiger partial charge in [-0.25, -0.2) is 0 Å². The molecule has 168 valence electrons. The highest BCUT2D eigenvalue weighted by molar-refractivity contribution is 7.80. The van der Waals surface area contributed by atoms with Gasteiger partial charge in [-0.05, 0) is 83.0 Å². The quantitative estimate of drug-likeness (QED) is 0.517. The second-order valence-corrected chi connectivity index (χ2v) is 9.47. The van der Waals surface area contributed by atoms with Gasteiger partial charge in [0.2, 0.25) is 0 Å². The molecule has 7 heteroatoms. The summed E-state index contributed by atoms with van der Waals surface area (Å²) < 4.78 is 2.30. The molecule has 0 saturated carbocycles. The van der Waals surface area contributed by atoms with Crippen molar-refractivity contribution in [1.29, 1.82) is 0 Å². The molecule has 0 spiro atoms. The third-order valence-electron chi connectivity index (χ3n) is 6.36. The number of thiocarbonyl (C=S) groups is 1. The summed E-state index contributed by atoms with van der Waals surface area (Å²) in [6.45, 7) is 8.33. The molecule has 0 amide bonds. The fourth-order valence-corrected chi connectivity index (χ4v) is 5.23. The lowest BCUT2D eigenvalue weighted by Gasteiger charge is -2.29. The van der Waals surface area contributed by atoms with Gasteiger partial charge in [-0.3, -0.25) is 4.98 Å². The van der Waals surface area contributed by atoms with E-state index in [-0.39, 0.29) is 12.1 Å². The lowest BCUT2D eigenvalue weighted by molar-refractivity contribution is 0.276. The topological polar surface area (TPSA) is 36.3 Å². The zero-order chi connectivity index (χ0) is 23.0. The Bertz CT molecular complexity index is 1120. The van der Waals surface area contributed by atoms with Gasteiger partial charge in [-0.15, -0.1) is 0 Å². The van der Waals surface area contributed by atoms with Crippen LogP contribution >= 0.6 is 23.8 Å². The van der Waals surface area contributed by atoms with Crippen molar-refractivity contribution in [3.05, 3.63) is 81.9 Å². The number of likely N-dealkylation sites (N-methyl/N-ethyl adjacent to an activating group) is 1. The van der Waals surface area contributed by atoms with E-state index in [1.165, 1.54) is 22.5 Å². The van der Waals surface area contributed by atoms with Crippen molar-refractivity contribution in [1.82, 2.24) is 24.7 Å². The minimum atomic E-state index is -0.0159. The fourth-order valence-electron chi connectivity index (χ4n) is 4.71. The molecule has 32 heavy (non-hydrogen) atoms. The van der Waals surface area contributed by atoms with Gasteiger partial charge in [0.1, 0.15) is 0 Å². The summed E-state index contributed by atoms with van der Waals surface area (Å²) >= 11 is 12.2. The molecule has 0 radical (unpaired) electrons. The van der Waals surface area contributed by atoms with Crippen LogP contribution in [0.15, 0.2) is 48.7 Å². The average Bonchev–Trinajstić information content (AvgIpc) is 3.19. The molecule has 1 fully saturated rings. The number of nitrogens with one attached hydrogen (secondary N) is 1. The standard InChI is InChI=1S/C25H30ClN5S/c1-16-17(2)31(20-10-8-9-19(26)15-20)18(3)22(16)24-23(21-11-6-7-12-27-21)28-25(32)30(24)14-13-29(4)5/h6-12,15,23-24H,13-14H2,1-5H3,(H,28,32)/t23-,24-/m0/s1. The zero-order valence-electron chi connectivity index (χ0n) is 19.3. The van der Waals surface area contributed by atoms with Gasteiger partial charge in [0, 0.05) is 46.9 Å². The Morgan fingerprint density at radius 3 is 2.53 bits per heavy atom. The van der Waals surface area contributed by atoms with Gasteiger partial charge in [-0.1, -0.05) is 23.7 Å². The highest BCUT2D eigenvalue weighted by Gasteiger charge is 2.42. The van der Waals surface area contributed by atoms with E-state index in [9.17, 15) is 0 Å². The highest BCUT2D eigenvalue weighted by atomic mass is 35.5. The van der Waals surface area contributed by atoms with Crippen molar-refractivity contribution in [3.8, 4) is 5.69 Å². The maximum absolute atomic E-state index is 6.33. The Labute approximate surface area is 201 Å². The van der Waals surface area contributed by atoms with Crippen molar-refractivity contribution < 1.29 is 0 Å². The van der Waals surface area contributed by atoms with Crippen molar-refractivity contribution >= 4 is 28.9 Å². The minimum absolute atomic E-state index is 0.0159. The molecule has 3 heterocycles. The SMILES string of the molecule is Cc1c([C@H]2[C@H](c3ccccn3)NC(=S)N2CCN(C)C)c(C)n(-c2cccc(Cl)c2)c1C. The number of rotatable bonds is 6. The maximum atomic E-state index is 6.33. The summed E-state index contributed by atoms with van der Waals surface area (Å²) in [6.07, 6.45) is 1.85. The summed E-state index contributed by atoms with van der Waals surface area (Å²) in [5.41, 5.74) is 7.06. The van der Waals surface area contributed by atoms with Crippen LogP contribution in [-0.2, 0) is 0 Å². The van der Waals surface area contributed by atoms with E-state index in [0.29, 0.717) is 0 Å². The van der Waals surface area contributed by atoms with E-state index in [1.807, 2.05) is 36.5 Å². The van der Waals surface area contributed by atoms with E-state index >= 15 is 0 Å². The monoisotopic (exact) mass is 467 g/mol. The van der Waals surface area contributed by atoms with Crippen LogP contribution in [0, 0.1) is 20.8 Å². The van der Waals surface area contributed by atoms with Crippen LogP contribution in [-0.4, -0.2) is 51.6 Å². The number of hydrogen-bond donors (Lipinski definition) is 1. The molecular formula is C25H30ClN5S. The number of hydrogen-bond acceptors (Lipinski definition) is 3. The van der Waals surface area contributed by atoms with Gasteiger partial charge in [-0.2, -0.15) is 0 Å². The Balaban J connectivity index is 1.87. The normalized spacial score (nSPS) is 18.5. The van der Waals surface area contributed by atoms with E-state index in [0.717, 1.165) is 34.6 Å². The van der Waals surface area contributed by atoms with E-state index in [1.54, 1.807) is 0 Å². The van der Waals surface area contributed by atoms with Gasteiger partial charge in [0.05, 0.1) is 17.8 Å². The van der Waals surface area contributed by atoms with Crippen LogP contribution in [0.5, 0.6) is 0 Å². The highest BCUT2D eigenvalue weighted by Crippen LogP contribution is 2.43. The third-order valence-corrected chi connectivity index (χ3v) is 6.94. The zero-order valence-corrected chi connectivity index (χ0v) is 20.8. The van der Waals surface area contributed by atoms with Crippen LogP contribution in [0.3, 0.4) is 0 Å². The van der Waals surface area contributed by atoms with Crippen molar-refractivity contribution in [2.45, 2.75) is 32.9 Å². The molecule has 1 aliphatic heterocycles. The predicted octanol–water partition coefficient (Wildman–Crippen LogP) is 4.99. The maximum Gasteiger partial charge on any atom is 0.170 e. The minimum Gasteiger partial charge on any atom is -0.352 e. The van der Waals surface area contributed by atoms with Gasteiger partial charge < -0.3 is 19.7 Å². The molecule has 2 atom stereocenters. The predicted molar refractivity (Wildman–Crippen MR) is 136 cm³/mol. The Morgan fingerprint density at radius 2 is 1.88 bits per heavy atom. The average molecular weight is 468 g/mol. The van der Waals surface area contributed by atoms with Crippen molar-refractivity contribution in [2.75, 3.05) is 27.2 Å². The first-order valence-electron chi connectivity index (χ1n) is 10.9. The smallest absolute Gasteiger partial charge is 0.170 e. The molecule has 5 nitrogen and oxygen atoms in total. The molecule has 0 bridgehead atoms. The summed E-state index contributed by atoms with van der Waals surface area (Å²) in [7, 11) is 4.18. The second kappa shape index (κ2) is 9.22. The summed E-state index contributed by atoms with van der Waals surface area (Å²) in [6, 6.07) is 14.1. The summed E-state index contributed by atoms with van der Waals surface area (Å²) in [4.78, 5) is 9.19. The van der Waals surface area contributed by atoms with Gasteiger partial charge in [0.25, 0.3) is 0 Å². The lowest BCUT2D eigenvalue weighted by atomic mass is 9.93. The largest absolute Gasteiger partial charge is 0.352 e. The number of benzene rings is 1. The first-order chi connectivity index (χ1) is 15.3. The number of nitrogens with zero attached hydrogens (tertiary/aromatic N) is 4. The van der Waals surface area contributed by atoms with Crippen LogP contribution in [0.25, 0.3) is 5.69 Å². The molecule has 1 saturated heterocycles. The Morgan fingerprint density at radius 1 is 1.09 bits per heavy atom. The van der Waals surface area contributed by atoms with Crippen LogP contribution in [0.4, 0.5) is 0 Å². The summed E-state index contributed by atoms with van der Waals surface area (Å²) in [5, 5.41) is 5.08. The fraction of sp³-hybridized carbons (Fsp3) is 0.360. The van der Waals surface area contributed by atoms with Crippen LogP contribution < -0.4 is 5.32 Å². The van der Waals surface area contributed by atoms with E-state index in [2.05, 4.69) is 71.7 Å². The number of aromatic nitrogens is 2. The molecular weight excluding hydrogens is 438 g/mol. The van der Waals surface area contributed by atoms with Crippen LogP contribution in [0.1, 0.15) is 40.3 Å². The third kappa shape index (κ3) is 4.15. The molecule has 1 N–H and O–H groups in total. The summed E-state index contributed by atoms with van der Waals surface area (Å²) in [5.74, 6) is 0. The van der Waals surface area contributed by atoms with Gasteiger partial charge in [0.15, 0.2) is 5.11 Å². The van der Waals surface area contributed by atoms with Gasteiger partial charge >= 0.3 is 0 Å². The Hall–Kier alpha value is -2.41.